The number of carbonyl (C=O) groups is 1. The Balaban J connectivity index is 1.61. The molecule has 0 aliphatic rings. The van der Waals surface area contributed by atoms with Crippen molar-refractivity contribution in [2.24, 2.45) is 0 Å². The second kappa shape index (κ2) is 9.20. The summed E-state index contributed by atoms with van der Waals surface area (Å²) < 4.78 is 2.11. The molecule has 4 nitrogen and oxygen atoms in total. The number of aromatic nitrogens is 2. The molecule has 5 rings (SSSR count). The van der Waals surface area contributed by atoms with Crippen LogP contribution in [-0.2, 0) is 4.79 Å². The molecule has 34 heavy (non-hydrogen) atoms. The number of rotatable bonds is 5. The summed E-state index contributed by atoms with van der Waals surface area (Å²) in [5.41, 5.74) is 8.32. The molecule has 0 unspecified atom stereocenters. The van der Waals surface area contributed by atoms with Gasteiger partial charge in [0.05, 0.1) is 5.69 Å². The van der Waals surface area contributed by atoms with Crippen LogP contribution in [0.1, 0.15) is 5.56 Å². The van der Waals surface area contributed by atoms with Gasteiger partial charge in [0.2, 0.25) is 5.91 Å². The van der Waals surface area contributed by atoms with Crippen LogP contribution >= 0.6 is 0 Å². The third-order valence-electron chi connectivity index (χ3n) is 5.81. The predicted octanol–water partition coefficient (Wildman–Crippen LogP) is 6.44. The van der Waals surface area contributed by atoms with Gasteiger partial charge in [-0.3, -0.25) is 4.79 Å². The summed E-state index contributed by atoms with van der Waals surface area (Å²) in [6, 6.07) is 31.0. The number of benzene rings is 3. The molecule has 0 saturated heterocycles. The Bertz CT molecular complexity index is 1460. The Hall–Kier alpha value is -4.44. The maximum atomic E-state index is 11.9. The van der Waals surface area contributed by atoms with E-state index in [-0.39, 0.29) is 5.91 Å². The van der Waals surface area contributed by atoms with Gasteiger partial charge in [0.25, 0.3) is 0 Å². The van der Waals surface area contributed by atoms with E-state index in [1.807, 2.05) is 42.5 Å². The van der Waals surface area contributed by atoms with Gasteiger partial charge in [-0.05, 0) is 34.4 Å². The molecule has 0 fully saturated rings. The molecule has 0 radical (unpaired) electrons. The second-order valence-electron chi connectivity index (χ2n) is 8.42. The van der Waals surface area contributed by atoms with Crippen LogP contribution in [0.4, 0.5) is 0 Å². The maximum absolute atomic E-state index is 11.9. The molecule has 0 aliphatic heterocycles. The first-order valence-corrected chi connectivity index (χ1v) is 11.2. The first-order valence-electron chi connectivity index (χ1n) is 11.2. The van der Waals surface area contributed by atoms with E-state index in [0.29, 0.717) is 0 Å². The minimum absolute atomic E-state index is 0.0350. The maximum Gasteiger partial charge on any atom is 0.246 e. The molecule has 5 aromatic rings. The average molecular weight is 444 g/mol. The molecule has 0 aliphatic carbocycles. The van der Waals surface area contributed by atoms with Crippen molar-refractivity contribution in [3.05, 3.63) is 115 Å². The third-order valence-corrected chi connectivity index (χ3v) is 5.81. The highest BCUT2D eigenvalue weighted by molar-refractivity contribution is 5.91. The third kappa shape index (κ3) is 4.39. The van der Waals surface area contributed by atoms with Crippen LogP contribution in [0, 0.1) is 0 Å². The van der Waals surface area contributed by atoms with Crippen molar-refractivity contribution in [1.82, 2.24) is 14.3 Å². The molecule has 0 saturated carbocycles. The zero-order valence-electron chi connectivity index (χ0n) is 19.2. The van der Waals surface area contributed by atoms with Crippen molar-refractivity contribution in [2.45, 2.75) is 0 Å². The molecule has 1 amide bonds. The lowest BCUT2D eigenvalue weighted by Crippen LogP contribution is -2.18. The topological polar surface area (TPSA) is 37.6 Å². The minimum Gasteiger partial charge on any atom is -0.345 e. The number of imidazole rings is 1. The Labute approximate surface area is 199 Å². The molecule has 0 bridgehead atoms. The Morgan fingerprint density at radius 2 is 1.41 bits per heavy atom. The van der Waals surface area contributed by atoms with Crippen molar-refractivity contribution < 1.29 is 4.79 Å². The molecule has 4 heteroatoms. The SMILES string of the molecule is CN(C)C(=O)C=Cc1ccc(-c2cc(-c3ccccc3)cn3cc(-c4ccccc4)nc23)cc1. The number of hydrogen-bond donors (Lipinski definition) is 0. The highest BCUT2D eigenvalue weighted by atomic mass is 16.2. The molecular formula is C30H25N3O. The summed E-state index contributed by atoms with van der Waals surface area (Å²) in [7, 11) is 3.49. The standard InChI is InChI=1S/C30H25N3O/c1-32(2)29(34)18-15-22-13-16-24(17-14-22)27-19-26(23-9-5-3-6-10-23)20-33-21-28(31-30(27)33)25-11-7-4-8-12-25/h3-21H,1-2H3. The summed E-state index contributed by atoms with van der Waals surface area (Å²) in [4.78, 5) is 18.4. The number of pyridine rings is 1. The van der Waals surface area contributed by atoms with Crippen molar-refractivity contribution in [3.8, 4) is 33.5 Å². The molecule has 0 atom stereocenters. The van der Waals surface area contributed by atoms with Gasteiger partial charge in [0, 0.05) is 43.7 Å². The lowest BCUT2D eigenvalue weighted by Gasteiger charge is -2.09. The Kier molecular flexibility index (Phi) is 5.79. The van der Waals surface area contributed by atoms with E-state index in [1.165, 1.54) is 0 Å². The number of fused-ring (bicyclic) bond motifs is 1. The van der Waals surface area contributed by atoms with Gasteiger partial charge >= 0.3 is 0 Å². The highest BCUT2D eigenvalue weighted by Gasteiger charge is 2.13. The fourth-order valence-electron chi connectivity index (χ4n) is 3.94. The number of carbonyl (C=O) groups excluding carboxylic acids is 1. The molecule has 0 spiro atoms. The fraction of sp³-hybridized carbons (Fsp3) is 0.0667. The lowest BCUT2D eigenvalue weighted by molar-refractivity contribution is -0.123. The number of hydrogen-bond acceptors (Lipinski definition) is 2. The summed E-state index contributed by atoms with van der Waals surface area (Å²) in [6.45, 7) is 0. The lowest BCUT2D eigenvalue weighted by atomic mass is 10.0. The normalized spacial score (nSPS) is 11.2. The van der Waals surface area contributed by atoms with Crippen molar-refractivity contribution in [2.75, 3.05) is 14.1 Å². The zero-order chi connectivity index (χ0) is 23.5. The highest BCUT2D eigenvalue weighted by Crippen LogP contribution is 2.32. The van der Waals surface area contributed by atoms with E-state index in [1.54, 1.807) is 25.1 Å². The van der Waals surface area contributed by atoms with E-state index >= 15 is 0 Å². The second-order valence-corrected chi connectivity index (χ2v) is 8.42. The van der Waals surface area contributed by atoms with E-state index in [9.17, 15) is 4.79 Å². The van der Waals surface area contributed by atoms with Crippen LogP contribution < -0.4 is 0 Å². The van der Waals surface area contributed by atoms with Crippen LogP contribution in [0.15, 0.2) is 109 Å². The quantitative estimate of drug-likeness (QED) is 0.293. The van der Waals surface area contributed by atoms with Crippen LogP contribution in [-0.4, -0.2) is 34.3 Å². The van der Waals surface area contributed by atoms with Crippen molar-refractivity contribution >= 4 is 17.6 Å². The van der Waals surface area contributed by atoms with Crippen LogP contribution in [0.3, 0.4) is 0 Å². The Morgan fingerprint density at radius 1 is 0.765 bits per heavy atom. The fourth-order valence-corrected chi connectivity index (χ4v) is 3.94. The zero-order valence-corrected chi connectivity index (χ0v) is 19.2. The van der Waals surface area contributed by atoms with Gasteiger partial charge in [0.1, 0.15) is 5.65 Å². The van der Waals surface area contributed by atoms with Crippen molar-refractivity contribution in [3.63, 3.8) is 0 Å². The molecule has 166 valence electrons. The van der Waals surface area contributed by atoms with Gasteiger partial charge < -0.3 is 9.30 Å². The average Bonchev–Trinajstić information content (AvgIpc) is 3.32. The van der Waals surface area contributed by atoms with Gasteiger partial charge in [-0.1, -0.05) is 84.9 Å². The molecular weight excluding hydrogens is 418 g/mol. The number of amides is 1. The molecule has 2 heterocycles. The van der Waals surface area contributed by atoms with Crippen molar-refractivity contribution in [1.29, 1.82) is 0 Å². The first-order chi connectivity index (χ1) is 16.6. The van der Waals surface area contributed by atoms with E-state index < -0.39 is 0 Å². The van der Waals surface area contributed by atoms with Gasteiger partial charge in [-0.15, -0.1) is 0 Å². The predicted molar refractivity (Wildman–Crippen MR) is 139 cm³/mol. The first kappa shape index (κ1) is 21.4. The van der Waals surface area contributed by atoms with E-state index in [0.717, 1.165) is 44.7 Å². The van der Waals surface area contributed by atoms with Gasteiger partial charge in [0.15, 0.2) is 0 Å². The number of likely N-dealkylation sites (N-methyl/N-ethyl adjacent to an activating group) is 1. The summed E-state index contributed by atoms with van der Waals surface area (Å²) in [5, 5.41) is 0. The Morgan fingerprint density at radius 3 is 2.06 bits per heavy atom. The van der Waals surface area contributed by atoms with Crippen LogP contribution in [0.2, 0.25) is 0 Å². The summed E-state index contributed by atoms with van der Waals surface area (Å²) in [6.07, 6.45) is 7.65. The van der Waals surface area contributed by atoms with Gasteiger partial charge in [-0.25, -0.2) is 4.98 Å². The smallest absolute Gasteiger partial charge is 0.246 e. The molecule has 3 aromatic carbocycles. The largest absolute Gasteiger partial charge is 0.345 e. The van der Waals surface area contributed by atoms with Crippen LogP contribution in [0.5, 0.6) is 0 Å². The van der Waals surface area contributed by atoms with Crippen LogP contribution in [0.25, 0.3) is 45.2 Å². The molecule has 2 aromatic heterocycles. The van der Waals surface area contributed by atoms with E-state index in [2.05, 4.69) is 71.4 Å². The molecule has 0 N–H and O–H groups in total. The van der Waals surface area contributed by atoms with E-state index in [4.69, 9.17) is 4.98 Å². The number of nitrogens with zero attached hydrogens (tertiary/aromatic N) is 3. The van der Waals surface area contributed by atoms with Gasteiger partial charge in [-0.2, -0.15) is 0 Å². The summed E-state index contributed by atoms with van der Waals surface area (Å²) >= 11 is 0. The minimum atomic E-state index is -0.0350. The summed E-state index contributed by atoms with van der Waals surface area (Å²) in [5.74, 6) is -0.0350. The monoisotopic (exact) mass is 443 g/mol.